The van der Waals surface area contributed by atoms with E-state index in [1.54, 1.807) is 0 Å². The number of allylic oxidation sites excluding steroid dienone is 1. The van der Waals surface area contributed by atoms with Crippen LogP contribution in [0, 0.1) is 0 Å². The SMILES string of the molecule is C1=Cc2c(c3cc(N(c4ccccc4)c4ccc(-c5nc6ccccc6nc5-c5ccccc5)cc4)ccc3n2-c2cccc3ccccc23)CC1. The number of rotatable bonds is 6. The quantitative estimate of drug-likeness (QED) is 0.177. The maximum atomic E-state index is 5.15. The van der Waals surface area contributed by atoms with Crippen molar-refractivity contribution in [1.29, 1.82) is 0 Å². The molecule has 2 aromatic heterocycles. The number of hydrogen-bond donors (Lipinski definition) is 0. The largest absolute Gasteiger partial charge is 0.310 e. The Hall–Kier alpha value is -6.78. The van der Waals surface area contributed by atoms with Gasteiger partial charge in [0.1, 0.15) is 0 Å². The van der Waals surface area contributed by atoms with Gasteiger partial charge in [-0.15, -0.1) is 0 Å². The Morgan fingerprint density at radius 3 is 1.88 bits per heavy atom. The van der Waals surface area contributed by atoms with E-state index in [1.165, 1.54) is 38.6 Å². The van der Waals surface area contributed by atoms with Crippen LogP contribution in [0.5, 0.6) is 0 Å². The van der Waals surface area contributed by atoms with E-state index in [0.717, 1.165) is 63.5 Å². The summed E-state index contributed by atoms with van der Waals surface area (Å²) in [5.41, 5.74) is 14.0. The lowest BCUT2D eigenvalue weighted by Gasteiger charge is -2.26. The number of hydrogen-bond acceptors (Lipinski definition) is 3. The molecule has 0 aliphatic heterocycles. The summed E-state index contributed by atoms with van der Waals surface area (Å²) in [7, 11) is 0. The number of fused-ring (bicyclic) bond motifs is 5. The molecular formula is C48H34N4. The average molecular weight is 667 g/mol. The summed E-state index contributed by atoms with van der Waals surface area (Å²) in [6.07, 6.45) is 6.68. The van der Waals surface area contributed by atoms with E-state index >= 15 is 0 Å². The molecule has 0 fully saturated rings. The second kappa shape index (κ2) is 12.5. The molecule has 52 heavy (non-hydrogen) atoms. The summed E-state index contributed by atoms with van der Waals surface area (Å²) in [6, 6.07) is 60.1. The molecule has 0 amide bonds. The molecule has 4 heteroatoms. The van der Waals surface area contributed by atoms with Crippen molar-refractivity contribution in [2.24, 2.45) is 0 Å². The second-order valence-electron chi connectivity index (χ2n) is 13.3. The maximum absolute atomic E-state index is 5.15. The lowest BCUT2D eigenvalue weighted by atomic mass is 10.00. The van der Waals surface area contributed by atoms with E-state index in [1.807, 2.05) is 30.3 Å². The number of anilines is 3. The van der Waals surface area contributed by atoms with Gasteiger partial charge in [-0.1, -0.05) is 115 Å². The number of aromatic nitrogens is 3. The molecule has 0 N–H and O–H groups in total. The lowest BCUT2D eigenvalue weighted by molar-refractivity contribution is 0.970. The van der Waals surface area contributed by atoms with Crippen LogP contribution >= 0.6 is 0 Å². The van der Waals surface area contributed by atoms with Gasteiger partial charge in [0.15, 0.2) is 0 Å². The summed E-state index contributed by atoms with van der Waals surface area (Å²) in [6.45, 7) is 0. The molecule has 1 aliphatic rings. The Morgan fingerprint density at radius 1 is 0.500 bits per heavy atom. The van der Waals surface area contributed by atoms with Crippen LogP contribution in [0.3, 0.4) is 0 Å². The van der Waals surface area contributed by atoms with Crippen LogP contribution in [0.1, 0.15) is 17.7 Å². The Balaban J connectivity index is 1.12. The smallest absolute Gasteiger partial charge is 0.0973 e. The van der Waals surface area contributed by atoms with E-state index in [4.69, 9.17) is 9.97 Å². The number of aryl methyl sites for hydroxylation is 1. The molecule has 9 aromatic rings. The fraction of sp³-hybridized carbons (Fsp3) is 0.0417. The van der Waals surface area contributed by atoms with Gasteiger partial charge >= 0.3 is 0 Å². The molecule has 0 bridgehead atoms. The molecule has 0 spiro atoms. The molecule has 10 rings (SSSR count). The zero-order valence-corrected chi connectivity index (χ0v) is 28.5. The molecule has 2 heterocycles. The van der Waals surface area contributed by atoms with E-state index in [-0.39, 0.29) is 0 Å². The molecule has 246 valence electrons. The first-order valence-corrected chi connectivity index (χ1v) is 17.9. The van der Waals surface area contributed by atoms with Crippen molar-refractivity contribution in [3.05, 3.63) is 187 Å². The number of nitrogens with zero attached hydrogens (tertiary/aromatic N) is 4. The Bertz CT molecular complexity index is 2780. The van der Waals surface area contributed by atoms with Crippen molar-refractivity contribution < 1.29 is 0 Å². The number of benzene rings is 7. The molecule has 0 unspecified atom stereocenters. The van der Waals surface area contributed by atoms with Crippen LogP contribution in [0.15, 0.2) is 176 Å². The second-order valence-corrected chi connectivity index (χ2v) is 13.3. The van der Waals surface area contributed by atoms with E-state index in [0.29, 0.717) is 0 Å². The minimum atomic E-state index is 0.874. The first-order valence-electron chi connectivity index (χ1n) is 17.9. The zero-order chi connectivity index (χ0) is 34.4. The third-order valence-corrected chi connectivity index (χ3v) is 10.2. The Labute approximate surface area is 302 Å². The van der Waals surface area contributed by atoms with Gasteiger partial charge in [-0.05, 0) is 90.5 Å². The zero-order valence-electron chi connectivity index (χ0n) is 28.5. The van der Waals surface area contributed by atoms with Gasteiger partial charge in [-0.3, -0.25) is 0 Å². The van der Waals surface area contributed by atoms with Gasteiger partial charge in [-0.25, -0.2) is 9.97 Å². The first kappa shape index (κ1) is 30.1. The molecule has 0 radical (unpaired) electrons. The number of para-hydroxylation sites is 3. The van der Waals surface area contributed by atoms with Crippen LogP contribution in [0.4, 0.5) is 17.1 Å². The Kier molecular flexibility index (Phi) is 7.24. The predicted octanol–water partition coefficient (Wildman–Crippen LogP) is 12.5. The predicted molar refractivity (Wildman–Crippen MR) is 217 cm³/mol. The van der Waals surface area contributed by atoms with E-state index in [9.17, 15) is 0 Å². The van der Waals surface area contributed by atoms with Gasteiger partial charge in [0, 0.05) is 44.7 Å². The van der Waals surface area contributed by atoms with Crippen molar-refractivity contribution in [2.45, 2.75) is 12.8 Å². The highest BCUT2D eigenvalue weighted by atomic mass is 15.1. The van der Waals surface area contributed by atoms with Gasteiger partial charge in [0.2, 0.25) is 0 Å². The summed E-state index contributed by atoms with van der Waals surface area (Å²) < 4.78 is 2.46. The third-order valence-electron chi connectivity index (χ3n) is 10.2. The molecule has 0 atom stereocenters. The van der Waals surface area contributed by atoms with Crippen LogP contribution in [0.2, 0.25) is 0 Å². The molecule has 4 nitrogen and oxygen atoms in total. The summed E-state index contributed by atoms with van der Waals surface area (Å²) in [5, 5.41) is 3.79. The highest BCUT2D eigenvalue weighted by Crippen LogP contribution is 2.42. The highest BCUT2D eigenvalue weighted by molar-refractivity contribution is 5.99. The molecule has 0 saturated heterocycles. The van der Waals surface area contributed by atoms with Crippen LogP contribution in [0.25, 0.3) is 67.0 Å². The van der Waals surface area contributed by atoms with Crippen molar-refractivity contribution in [3.8, 4) is 28.2 Å². The van der Waals surface area contributed by atoms with Gasteiger partial charge < -0.3 is 9.47 Å². The average Bonchev–Trinajstić information content (AvgIpc) is 3.55. The summed E-state index contributed by atoms with van der Waals surface area (Å²) in [5.74, 6) is 0. The fourth-order valence-electron chi connectivity index (χ4n) is 7.82. The minimum Gasteiger partial charge on any atom is -0.310 e. The van der Waals surface area contributed by atoms with Crippen molar-refractivity contribution in [3.63, 3.8) is 0 Å². The fourth-order valence-corrected chi connectivity index (χ4v) is 7.82. The first-order chi connectivity index (χ1) is 25.8. The highest BCUT2D eigenvalue weighted by Gasteiger charge is 2.22. The summed E-state index contributed by atoms with van der Waals surface area (Å²) in [4.78, 5) is 12.6. The van der Waals surface area contributed by atoms with Gasteiger partial charge in [0.25, 0.3) is 0 Å². The molecular weight excluding hydrogens is 633 g/mol. The molecule has 1 aliphatic carbocycles. The topological polar surface area (TPSA) is 34.0 Å². The summed E-state index contributed by atoms with van der Waals surface area (Å²) >= 11 is 0. The van der Waals surface area contributed by atoms with Crippen molar-refractivity contribution in [2.75, 3.05) is 4.90 Å². The van der Waals surface area contributed by atoms with Crippen LogP contribution < -0.4 is 4.90 Å². The standard InChI is InChI=1S/C48H34N4/c1-3-15-34(16-4-1)47-48(50-43-23-11-10-22-42(43)49-47)35-26-28-37(29-27-35)51(36-18-5-2-6-19-36)38-30-31-46-41(32-38)40-21-9-12-24-45(40)52(46)44-25-13-17-33-14-7-8-20-39(33)44/h1-8,10-20,22-32H,9,21H2. The third kappa shape index (κ3) is 5.07. The van der Waals surface area contributed by atoms with Crippen molar-refractivity contribution in [1.82, 2.24) is 14.5 Å². The monoisotopic (exact) mass is 666 g/mol. The lowest BCUT2D eigenvalue weighted by Crippen LogP contribution is -2.10. The van der Waals surface area contributed by atoms with Gasteiger partial charge in [-0.2, -0.15) is 0 Å². The Morgan fingerprint density at radius 2 is 1.12 bits per heavy atom. The normalized spacial score (nSPS) is 12.4. The van der Waals surface area contributed by atoms with Crippen molar-refractivity contribution >= 4 is 55.8 Å². The molecule has 0 saturated carbocycles. The minimum absolute atomic E-state index is 0.874. The molecule has 7 aromatic carbocycles. The van der Waals surface area contributed by atoms with Crippen LogP contribution in [-0.4, -0.2) is 14.5 Å². The van der Waals surface area contributed by atoms with Crippen LogP contribution in [-0.2, 0) is 6.42 Å². The van der Waals surface area contributed by atoms with Gasteiger partial charge in [0.05, 0.1) is 33.6 Å². The van der Waals surface area contributed by atoms with E-state index in [2.05, 4.69) is 161 Å². The van der Waals surface area contributed by atoms with E-state index < -0.39 is 0 Å². The maximum Gasteiger partial charge on any atom is 0.0973 e.